The van der Waals surface area contributed by atoms with E-state index in [1.165, 1.54) is 25.8 Å². The van der Waals surface area contributed by atoms with Crippen molar-refractivity contribution in [2.45, 2.75) is 38.1 Å². The normalized spacial score (nSPS) is 21.7. The fourth-order valence-corrected chi connectivity index (χ4v) is 3.09. The molecule has 0 aromatic carbocycles. The summed E-state index contributed by atoms with van der Waals surface area (Å²) in [7, 11) is 0. The average molecular weight is 262 g/mol. The Morgan fingerprint density at radius 1 is 1.26 bits per heavy atom. The molecule has 0 unspecified atom stereocenters. The van der Waals surface area contributed by atoms with Crippen molar-refractivity contribution >= 4 is 5.97 Å². The third-order valence-corrected chi connectivity index (χ3v) is 4.50. The van der Waals surface area contributed by atoms with E-state index in [4.69, 9.17) is 5.11 Å². The molecule has 4 nitrogen and oxygen atoms in total. The Morgan fingerprint density at radius 2 is 2.00 bits per heavy atom. The Morgan fingerprint density at radius 3 is 2.63 bits per heavy atom. The lowest BCUT2D eigenvalue weighted by Crippen LogP contribution is -2.35. The first kappa shape index (κ1) is 12.7. The van der Waals surface area contributed by atoms with Gasteiger partial charge in [0.05, 0.1) is 0 Å². The van der Waals surface area contributed by atoms with Crippen LogP contribution in [0.3, 0.4) is 0 Å². The van der Waals surface area contributed by atoms with E-state index in [0.717, 1.165) is 31.8 Å². The van der Waals surface area contributed by atoms with Crippen LogP contribution in [0.15, 0.2) is 18.3 Å². The third kappa shape index (κ3) is 3.00. The molecule has 1 saturated heterocycles. The number of nitrogens with zero attached hydrogens (tertiary/aromatic N) is 2. The first-order valence-electron chi connectivity index (χ1n) is 7.36. The number of aromatic carboxylic acids is 1. The van der Waals surface area contributed by atoms with Gasteiger partial charge < -0.3 is 14.6 Å². The van der Waals surface area contributed by atoms with Crippen LogP contribution in [-0.2, 0) is 0 Å². The molecule has 1 aliphatic carbocycles. The lowest BCUT2D eigenvalue weighted by atomic mass is 10.0. The monoisotopic (exact) mass is 262 g/mol. The summed E-state index contributed by atoms with van der Waals surface area (Å²) in [5.41, 5.74) is 0.427. The Bertz CT molecular complexity index is 443. The van der Waals surface area contributed by atoms with Gasteiger partial charge in [-0.15, -0.1) is 0 Å². The summed E-state index contributed by atoms with van der Waals surface area (Å²) in [5.74, 6) is 0.182. The van der Waals surface area contributed by atoms with Crippen LogP contribution in [0.4, 0.5) is 0 Å². The van der Waals surface area contributed by atoms with Gasteiger partial charge in [-0.25, -0.2) is 4.79 Å². The van der Waals surface area contributed by atoms with Gasteiger partial charge >= 0.3 is 5.97 Å². The summed E-state index contributed by atoms with van der Waals surface area (Å²) in [4.78, 5) is 13.7. The molecule has 0 radical (unpaired) electrons. The molecule has 1 aromatic heterocycles. The van der Waals surface area contributed by atoms with Crippen molar-refractivity contribution in [3.05, 3.63) is 24.0 Å². The fraction of sp³-hybridized carbons (Fsp3) is 0.667. The molecule has 0 bridgehead atoms. The molecule has 2 fully saturated rings. The van der Waals surface area contributed by atoms with Crippen LogP contribution in [0.5, 0.6) is 0 Å². The third-order valence-electron chi connectivity index (χ3n) is 4.50. The Labute approximate surface area is 114 Å². The summed E-state index contributed by atoms with van der Waals surface area (Å²) >= 11 is 0. The van der Waals surface area contributed by atoms with Gasteiger partial charge in [0.15, 0.2) is 0 Å². The van der Waals surface area contributed by atoms with Crippen molar-refractivity contribution in [3.8, 4) is 0 Å². The fourth-order valence-electron chi connectivity index (χ4n) is 3.09. The maximum Gasteiger partial charge on any atom is 0.352 e. The molecule has 0 amide bonds. The second-order valence-electron chi connectivity index (χ2n) is 5.91. The van der Waals surface area contributed by atoms with Gasteiger partial charge in [0.1, 0.15) is 5.69 Å². The first-order valence-corrected chi connectivity index (χ1v) is 7.36. The van der Waals surface area contributed by atoms with Crippen molar-refractivity contribution in [2.75, 3.05) is 19.6 Å². The second kappa shape index (κ2) is 5.37. The van der Waals surface area contributed by atoms with Crippen LogP contribution >= 0.6 is 0 Å². The number of likely N-dealkylation sites (tertiary alicyclic amines) is 1. The van der Waals surface area contributed by atoms with E-state index in [2.05, 4.69) is 4.90 Å². The molecular weight excluding hydrogens is 240 g/mol. The average Bonchev–Trinajstić information content (AvgIpc) is 3.11. The Balaban J connectivity index is 1.53. The molecule has 19 heavy (non-hydrogen) atoms. The lowest BCUT2D eigenvalue weighted by Gasteiger charge is -2.33. The molecule has 104 valence electrons. The molecule has 1 aromatic rings. The zero-order valence-electron chi connectivity index (χ0n) is 11.3. The number of aromatic nitrogens is 1. The van der Waals surface area contributed by atoms with Gasteiger partial charge in [-0.1, -0.05) is 12.8 Å². The maximum absolute atomic E-state index is 11.1. The van der Waals surface area contributed by atoms with E-state index >= 15 is 0 Å². The number of carbonyl (C=O) groups is 1. The molecule has 0 spiro atoms. The molecule has 1 N–H and O–H groups in total. The second-order valence-corrected chi connectivity index (χ2v) is 5.91. The van der Waals surface area contributed by atoms with Gasteiger partial charge in [0.2, 0.25) is 0 Å². The highest BCUT2D eigenvalue weighted by atomic mass is 16.4. The first-order chi connectivity index (χ1) is 9.24. The van der Waals surface area contributed by atoms with E-state index in [1.54, 1.807) is 6.07 Å². The molecule has 1 aliphatic heterocycles. The van der Waals surface area contributed by atoms with Gasteiger partial charge in [-0.3, -0.25) is 0 Å². The molecular formula is C15H22N2O2. The Hall–Kier alpha value is -1.29. The standard InChI is InChI=1S/C15H22N2O2/c18-15(19)14-2-1-8-17(14)13-6-10-16(11-7-13)9-5-12-3-4-12/h1-2,8,12-13H,3-7,9-11H2,(H,18,19). The zero-order chi connectivity index (χ0) is 13.2. The summed E-state index contributed by atoms with van der Waals surface area (Å²) in [6, 6.07) is 3.89. The lowest BCUT2D eigenvalue weighted by molar-refractivity contribution is 0.0678. The van der Waals surface area contributed by atoms with Crippen LogP contribution in [0.25, 0.3) is 0 Å². The van der Waals surface area contributed by atoms with Crippen molar-refractivity contribution in [1.29, 1.82) is 0 Å². The molecule has 2 aliphatic rings. The van der Waals surface area contributed by atoms with Crippen LogP contribution < -0.4 is 0 Å². The number of hydrogen-bond donors (Lipinski definition) is 1. The number of carboxylic acids is 1. The predicted octanol–water partition coefficient (Wildman–Crippen LogP) is 2.62. The molecule has 4 heteroatoms. The molecule has 0 atom stereocenters. The minimum absolute atomic E-state index is 0.360. The van der Waals surface area contributed by atoms with E-state index in [1.807, 2.05) is 16.8 Å². The largest absolute Gasteiger partial charge is 0.477 e. The number of hydrogen-bond acceptors (Lipinski definition) is 2. The minimum Gasteiger partial charge on any atom is -0.477 e. The highest BCUT2D eigenvalue weighted by Gasteiger charge is 2.25. The maximum atomic E-state index is 11.1. The molecule has 2 heterocycles. The zero-order valence-corrected chi connectivity index (χ0v) is 11.3. The van der Waals surface area contributed by atoms with Gasteiger partial charge in [0.25, 0.3) is 0 Å². The van der Waals surface area contributed by atoms with Crippen LogP contribution in [0, 0.1) is 5.92 Å². The van der Waals surface area contributed by atoms with E-state index in [-0.39, 0.29) is 0 Å². The van der Waals surface area contributed by atoms with Crippen molar-refractivity contribution in [2.24, 2.45) is 5.92 Å². The Kier molecular flexibility index (Phi) is 3.60. The van der Waals surface area contributed by atoms with E-state index in [9.17, 15) is 4.79 Å². The molecule has 3 rings (SSSR count). The molecule has 1 saturated carbocycles. The van der Waals surface area contributed by atoms with Crippen LogP contribution in [-0.4, -0.2) is 40.2 Å². The van der Waals surface area contributed by atoms with Crippen LogP contribution in [0.1, 0.15) is 48.6 Å². The smallest absolute Gasteiger partial charge is 0.352 e. The van der Waals surface area contributed by atoms with Gasteiger partial charge in [-0.05, 0) is 43.9 Å². The summed E-state index contributed by atoms with van der Waals surface area (Å²) in [5, 5.41) is 9.16. The number of piperidine rings is 1. The van der Waals surface area contributed by atoms with E-state index < -0.39 is 5.97 Å². The van der Waals surface area contributed by atoms with Crippen LogP contribution in [0.2, 0.25) is 0 Å². The van der Waals surface area contributed by atoms with Crippen molar-refractivity contribution in [3.63, 3.8) is 0 Å². The van der Waals surface area contributed by atoms with Crippen molar-refractivity contribution < 1.29 is 9.90 Å². The van der Waals surface area contributed by atoms with Gasteiger partial charge in [-0.2, -0.15) is 0 Å². The summed E-state index contributed by atoms with van der Waals surface area (Å²) < 4.78 is 1.95. The quantitative estimate of drug-likeness (QED) is 0.887. The van der Waals surface area contributed by atoms with E-state index in [0.29, 0.717) is 11.7 Å². The SMILES string of the molecule is O=C(O)c1cccn1C1CCN(CCC2CC2)CC1. The minimum atomic E-state index is -0.818. The highest BCUT2D eigenvalue weighted by Crippen LogP contribution is 2.33. The highest BCUT2D eigenvalue weighted by molar-refractivity contribution is 5.85. The van der Waals surface area contributed by atoms with Crippen molar-refractivity contribution in [1.82, 2.24) is 9.47 Å². The van der Waals surface area contributed by atoms with Gasteiger partial charge in [0, 0.05) is 25.3 Å². The number of rotatable bonds is 5. The number of carboxylic acid groups (broad SMARTS) is 1. The topological polar surface area (TPSA) is 45.5 Å². The summed E-state index contributed by atoms with van der Waals surface area (Å²) in [6.45, 7) is 3.44. The predicted molar refractivity (Wildman–Crippen MR) is 73.4 cm³/mol. The summed E-state index contributed by atoms with van der Waals surface area (Å²) in [6.07, 6.45) is 8.27.